The third-order valence-corrected chi connectivity index (χ3v) is 5.45. The predicted octanol–water partition coefficient (Wildman–Crippen LogP) is 2.87. The maximum absolute atomic E-state index is 12.5. The lowest BCUT2D eigenvalue weighted by Crippen LogP contribution is -2.29. The Labute approximate surface area is 164 Å². The number of benzene rings is 1. The van der Waals surface area contributed by atoms with Crippen LogP contribution in [0.15, 0.2) is 30.5 Å². The Morgan fingerprint density at radius 3 is 2.71 bits per heavy atom. The number of carbonyl (C=O) groups excluding carboxylic acids is 1. The molecular formula is C22H26N4O2. The topological polar surface area (TPSA) is 71.2 Å². The van der Waals surface area contributed by atoms with Gasteiger partial charge in [0, 0.05) is 30.2 Å². The van der Waals surface area contributed by atoms with Gasteiger partial charge in [-0.15, -0.1) is 0 Å². The molecule has 1 fully saturated rings. The molecule has 28 heavy (non-hydrogen) atoms. The van der Waals surface area contributed by atoms with Gasteiger partial charge < -0.3 is 10.0 Å². The van der Waals surface area contributed by atoms with Crippen LogP contribution in [0.2, 0.25) is 0 Å². The summed E-state index contributed by atoms with van der Waals surface area (Å²) < 4.78 is 1.75. The predicted molar refractivity (Wildman–Crippen MR) is 109 cm³/mol. The first-order valence-electron chi connectivity index (χ1n) is 9.88. The van der Waals surface area contributed by atoms with Crippen molar-refractivity contribution in [3.8, 4) is 11.3 Å². The van der Waals surface area contributed by atoms with Crippen LogP contribution in [0.5, 0.6) is 0 Å². The first kappa shape index (κ1) is 18.6. The van der Waals surface area contributed by atoms with Gasteiger partial charge in [-0.05, 0) is 56.0 Å². The molecule has 1 aliphatic heterocycles. The van der Waals surface area contributed by atoms with Crippen molar-refractivity contribution >= 4 is 16.8 Å². The molecule has 1 aromatic carbocycles. The van der Waals surface area contributed by atoms with Gasteiger partial charge in [0.2, 0.25) is 5.91 Å². The molecule has 0 bridgehead atoms. The van der Waals surface area contributed by atoms with E-state index < -0.39 is 0 Å². The summed E-state index contributed by atoms with van der Waals surface area (Å²) in [7, 11) is 0. The lowest BCUT2D eigenvalue weighted by Gasteiger charge is -2.15. The summed E-state index contributed by atoms with van der Waals surface area (Å²) in [6.07, 6.45) is 4.61. The molecule has 3 heterocycles. The molecule has 0 aliphatic carbocycles. The Kier molecular flexibility index (Phi) is 5.13. The Morgan fingerprint density at radius 1 is 1.18 bits per heavy atom. The van der Waals surface area contributed by atoms with E-state index in [0.29, 0.717) is 13.0 Å². The minimum atomic E-state index is 0.0592. The smallest absolute Gasteiger partial charge is 0.226 e. The van der Waals surface area contributed by atoms with Crippen LogP contribution in [0.3, 0.4) is 0 Å². The second-order valence-electron chi connectivity index (χ2n) is 7.56. The Hall–Kier alpha value is -2.73. The highest BCUT2D eigenvalue weighted by Crippen LogP contribution is 2.27. The number of pyridine rings is 1. The number of aliphatic hydroxyl groups excluding tert-OH is 1. The highest BCUT2D eigenvalue weighted by molar-refractivity contribution is 5.87. The molecular weight excluding hydrogens is 352 g/mol. The van der Waals surface area contributed by atoms with Crippen molar-refractivity contribution in [1.29, 1.82) is 0 Å². The first-order valence-corrected chi connectivity index (χ1v) is 9.88. The van der Waals surface area contributed by atoms with Crippen LogP contribution in [0.25, 0.3) is 22.2 Å². The number of rotatable bonds is 5. The molecule has 0 spiro atoms. The monoisotopic (exact) mass is 378 g/mol. The van der Waals surface area contributed by atoms with E-state index in [0.717, 1.165) is 64.9 Å². The third-order valence-electron chi connectivity index (χ3n) is 5.45. The van der Waals surface area contributed by atoms with Crippen LogP contribution >= 0.6 is 0 Å². The minimum absolute atomic E-state index is 0.0592. The zero-order valence-corrected chi connectivity index (χ0v) is 16.5. The van der Waals surface area contributed by atoms with Gasteiger partial charge in [0.05, 0.1) is 36.5 Å². The summed E-state index contributed by atoms with van der Waals surface area (Å²) in [6, 6.07) is 8.18. The number of hydrogen-bond acceptors (Lipinski definition) is 4. The largest absolute Gasteiger partial charge is 0.394 e. The van der Waals surface area contributed by atoms with Crippen molar-refractivity contribution in [2.24, 2.45) is 0 Å². The van der Waals surface area contributed by atoms with E-state index >= 15 is 0 Å². The number of aliphatic hydroxyl groups is 1. The van der Waals surface area contributed by atoms with Gasteiger partial charge in [0.1, 0.15) is 0 Å². The molecule has 6 nitrogen and oxygen atoms in total. The molecule has 1 saturated heterocycles. The zero-order chi connectivity index (χ0) is 19.7. The number of carbonyl (C=O) groups is 1. The summed E-state index contributed by atoms with van der Waals surface area (Å²) in [5.41, 5.74) is 5.84. The quantitative estimate of drug-likeness (QED) is 0.741. The zero-order valence-electron chi connectivity index (χ0n) is 16.5. The highest BCUT2D eigenvalue weighted by Gasteiger charge is 2.18. The Balaban J connectivity index is 1.63. The summed E-state index contributed by atoms with van der Waals surface area (Å²) in [4.78, 5) is 19.2. The molecule has 0 radical (unpaired) electrons. The van der Waals surface area contributed by atoms with Crippen molar-refractivity contribution in [2.45, 2.75) is 39.7 Å². The van der Waals surface area contributed by atoms with E-state index in [1.807, 2.05) is 30.2 Å². The molecule has 3 aromatic rings. The summed E-state index contributed by atoms with van der Waals surface area (Å²) in [5, 5.41) is 14.7. The molecule has 6 heteroatoms. The van der Waals surface area contributed by atoms with Crippen molar-refractivity contribution in [3.63, 3.8) is 0 Å². The van der Waals surface area contributed by atoms with Crippen LogP contribution < -0.4 is 0 Å². The second kappa shape index (κ2) is 7.72. The molecule has 0 saturated carbocycles. The van der Waals surface area contributed by atoms with Gasteiger partial charge in [-0.2, -0.15) is 5.10 Å². The van der Waals surface area contributed by atoms with Crippen molar-refractivity contribution in [3.05, 3.63) is 47.3 Å². The van der Waals surface area contributed by atoms with Gasteiger partial charge >= 0.3 is 0 Å². The molecule has 4 rings (SSSR count). The fourth-order valence-electron chi connectivity index (χ4n) is 3.93. The summed E-state index contributed by atoms with van der Waals surface area (Å²) in [5.74, 6) is 0.214. The molecule has 1 aliphatic rings. The number of amides is 1. The maximum Gasteiger partial charge on any atom is 0.226 e. The molecule has 1 amide bonds. The number of aromatic nitrogens is 3. The molecule has 1 N–H and O–H groups in total. The van der Waals surface area contributed by atoms with Crippen molar-refractivity contribution in [1.82, 2.24) is 19.7 Å². The van der Waals surface area contributed by atoms with Gasteiger partial charge in [0.15, 0.2) is 0 Å². The summed E-state index contributed by atoms with van der Waals surface area (Å²) in [6.45, 7) is 6.34. The normalized spacial score (nSPS) is 14.2. The lowest BCUT2D eigenvalue weighted by molar-refractivity contribution is -0.129. The fraction of sp³-hybridized carbons (Fsp3) is 0.409. The highest BCUT2D eigenvalue weighted by atomic mass is 16.3. The van der Waals surface area contributed by atoms with Crippen LogP contribution in [-0.2, 0) is 17.8 Å². The molecule has 0 unspecified atom stereocenters. The van der Waals surface area contributed by atoms with E-state index in [1.54, 1.807) is 4.68 Å². The Morgan fingerprint density at radius 2 is 1.96 bits per heavy atom. The average molecular weight is 378 g/mol. The van der Waals surface area contributed by atoms with E-state index in [-0.39, 0.29) is 12.5 Å². The van der Waals surface area contributed by atoms with Gasteiger partial charge in [0.25, 0.3) is 0 Å². The SMILES string of the molecule is Cc1nn(CCO)cc1-c1cc(C)c2cc(CC(=O)N3CCCC3)ccc2n1. The standard InChI is InChI=1S/C22H26N4O2/c1-15-11-21(19-14-26(9-10-27)24-16(19)2)23-20-6-5-17(12-18(15)20)13-22(28)25-7-3-4-8-25/h5-6,11-12,14,27H,3-4,7-10,13H2,1-2H3. The first-order chi connectivity index (χ1) is 13.5. The van der Waals surface area contributed by atoms with Crippen LogP contribution in [0.1, 0.15) is 29.7 Å². The second-order valence-corrected chi connectivity index (χ2v) is 7.56. The number of likely N-dealkylation sites (tertiary alicyclic amines) is 1. The van der Waals surface area contributed by atoms with Gasteiger partial charge in [-0.1, -0.05) is 6.07 Å². The van der Waals surface area contributed by atoms with Gasteiger partial charge in [-0.3, -0.25) is 9.48 Å². The Bertz CT molecular complexity index is 1020. The van der Waals surface area contributed by atoms with Crippen molar-refractivity contribution in [2.75, 3.05) is 19.7 Å². The number of nitrogens with zero attached hydrogens (tertiary/aromatic N) is 4. The number of hydrogen-bond donors (Lipinski definition) is 1. The fourth-order valence-corrected chi connectivity index (χ4v) is 3.93. The summed E-state index contributed by atoms with van der Waals surface area (Å²) >= 11 is 0. The number of aryl methyl sites for hydroxylation is 2. The third kappa shape index (κ3) is 3.64. The molecule has 2 aromatic heterocycles. The minimum Gasteiger partial charge on any atom is -0.394 e. The maximum atomic E-state index is 12.5. The van der Waals surface area contributed by atoms with E-state index in [1.165, 1.54) is 0 Å². The van der Waals surface area contributed by atoms with Crippen LogP contribution in [0, 0.1) is 13.8 Å². The van der Waals surface area contributed by atoms with E-state index in [9.17, 15) is 4.79 Å². The van der Waals surface area contributed by atoms with Gasteiger partial charge in [-0.25, -0.2) is 4.98 Å². The number of fused-ring (bicyclic) bond motifs is 1. The van der Waals surface area contributed by atoms with Crippen LogP contribution in [0.4, 0.5) is 0 Å². The van der Waals surface area contributed by atoms with Crippen LogP contribution in [-0.4, -0.2) is 50.4 Å². The van der Waals surface area contributed by atoms with E-state index in [4.69, 9.17) is 10.1 Å². The molecule has 146 valence electrons. The molecule has 0 atom stereocenters. The lowest BCUT2D eigenvalue weighted by atomic mass is 10.0. The van der Waals surface area contributed by atoms with E-state index in [2.05, 4.69) is 24.2 Å². The van der Waals surface area contributed by atoms with Crippen molar-refractivity contribution < 1.29 is 9.90 Å². The average Bonchev–Trinajstić information content (AvgIpc) is 3.32.